The Labute approximate surface area is 139 Å². The van der Waals surface area contributed by atoms with Crippen LogP contribution in [0.3, 0.4) is 0 Å². The molecule has 0 unspecified atom stereocenters. The van der Waals surface area contributed by atoms with Gasteiger partial charge in [0.15, 0.2) is 5.17 Å². The van der Waals surface area contributed by atoms with Crippen LogP contribution in [0.5, 0.6) is 0 Å². The van der Waals surface area contributed by atoms with Crippen molar-refractivity contribution < 1.29 is 9.18 Å². The monoisotopic (exact) mass is 328 g/mol. The van der Waals surface area contributed by atoms with Crippen LogP contribution in [0.15, 0.2) is 59.6 Å². The van der Waals surface area contributed by atoms with Gasteiger partial charge in [0.05, 0.1) is 12.1 Å². The molecule has 3 nitrogen and oxygen atoms in total. The van der Waals surface area contributed by atoms with Gasteiger partial charge in [0.1, 0.15) is 5.82 Å². The van der Waals surface area contributed by atoms with Gasteiger partial charge >= 0.3 is 0 Å². The van der Waals surface area contributed by atoms with E-state index < -0.39 is 0 Å². The zero-order valence-corrected chi connectivity index (χ0v) is 13.4. The van der Waals surface area contributed by atoms with E-state index >= 15 is 0 Å². The lowest BCUT2D eigenvalue weighted by molar-refractivity contribution is -0.126. The summed E-state index contributed by atoms with van der Waals surface area (Å²) in [5.41, 5.74) is 1.24. The third-order valence-electron chi connectivity index (χ3n) is 3.57. The predicted molar refractivity (Wildman–Crippen MR) is 92.4 cm³/mol. The summed E-state index contributed by atoms with van der Waals surface area (Å²) in [6.07, 6.45) is 0.975. The molecule has 2 aromatic carbocycles. The lowest BCUT2D eigenvalue weighted by Gasteiger charge is -2.28. The number of para-hydroxylation sites is 1. The molecule has 0 atom stereocenters. The number of hydrogen-bond acceptors (Lipinski definition) is 3. The number of hydrogen-bond donors (Lipinski definition) is 0. The lowest BCUT2D eigenvalue weighted by atomic mass is 10.1. The van der Waals surface area contributed by atoms with Crippen molar-refractivity contribution in [3.63, 3.8) is 0 Å². The van der Waals surface area contributed by atoms with Gasteiger partial charge in [-0.1, -0.05) is 48.2 Å². The van der Waals surface area contributed by atoms with Crippen molar-refractivity contribution in [3.05, 3.63) is 66.0 Å². The molecule has 118 valence electrons. The normalized spacial score (nSPS) is 16.6. The summed E-state index contributed by atoms with van der Waals surface area (Å²) in [6, 6.07) is 16.0. The van der Waals surface area contributed by atoms with E-state index in [0.29, 0.717) is 17.3 Å². The van der Waals surface area contributed by atoms with Gasteiger partial charge in [-0.3, -0.25) is 9.69 Å². The van der Waals surface area contributed by atoms with E-state index in [9.17, 15) is 9.18 Å². The summed E-state index contributed by atoms with van der Waals surface area (Å²) in [7, 11) is 0. The first kappa shape index (κ1) is 15.7. The van der Waals surface area contributed by atoms with Crippen LogP contribution in [-0.2, 0) is 11.2 Å². The molecule has 0 bridgehead atoms. The Kier molecular flexibility index (Phi) is 5.08. The average molecular weight is 328 g/mol. The summed E-state index contributed by atoms with van der Waals surface area (Å²) in [5, 5.41) is 0.698. The van der Waals surface area contributed by atoms with Crippen LogP contribution in [0.4, 0.5) is 10.1 Å². The van der Waals surface area contributed by atoms with Crippen molar-refractivity contribution in [2.45, 2.75) is 12.8 Å². The number of thioether (sulfide) groups is 1. The largest absolute Gasteiger partial charge is 0.291 e. The Morgan fingerprint density at radius 2 is 1.87 bits per heavy atom. The molecule has 0 spiro atoms. The molecule has 1 heterocycles. The Hall–Kier alpha value is -2.14. The standard InChI is InChI=1S/C18H17FN2OS/c19-16-10-5-4-7-14(16)13-17(22)21-11-6-12-23-18(21)20-15-8-2-1-3-9-15/h1-5,7-10H,6,11-13H2. The number of amidine groups is 1. The van der Waals surface area contributed by atoms with Crippen LogP contribution in [0.25, 0.3) is 0 Å². The van der Waals surface area contributed by atoms with E-state index in [4.69, 9.17) is 0 Å². The molecular formula is C18H17FN2OS. The minimum Gasteiger partial charge on any atom is -0.291 e. The maximum atomic E-state index is 13.8. The highest BCUT2D eigenvalue weighted by Crippen LogP contribution is 2.23. The Morgan fingerprint density at radius 3 is 2.65 bits per heavy atom. The summed E-state index contributed by atoms with van der Waals surface area (Å²) < 4.78 is 13.8. The zero-order valence-electron chi connectivity index (χ0n) is 12.6. The molecular weight excluding hydrogens is 311 g/mol. The van der Waals surface area contributed by atoms with Gasteiger partial charge in [0.2, 0.25) is 5.91 Å². The van der Waals surface area contributed by atoms with Gasteiger partial charge in [-0.05, 0) is 30.2 Å². The van der Waals surface area contributed by atoms with E-state index in [1.807, 2.05) is 30.3 Å². The molecule has 2 aromatic rings. The van der Waals surface area contributed by atoms with Crippen molar-refractivity contribution in [1.82, 2.24) is 4.90 Å². The van der Waals surface area contributed by atoms with Crippen molar-refractivity contribution in [3.8, 4) is 0 Å². The van der Waals surface area contributed by atoms with E-state index in [2.05, 4.69) is 4.99 Å². The summed E-state index contributed by atoms with van der Waals surface area (Å²) in [5.74, 6) is 0.485. The zero-order chi connectivity index (χ0) is 16.1. The molecule has 1 aliphatic heterocycles. The molecule has 1 fully saturated rings. The van der Waals surface area contributed by atoms with Gasteiger partial charge < -0.3 is 0 Å². The highest BCUT2D eigenvalue weighted by molar-refractivity contribution is 8.13. The molecule has 3 rings (SSSR count). The molecule has 0 N–H and O–H groups in total. The smallest absolute Gasteiger partial charge is 0.233 e. The molecule has 0 saturated carbocycles. The minimum atomic E-state index is -0.341. The summed E-state index contributed by atoms with van der Waals surface area (Å²) >= 11 is 1.57. The number of aliphatic imine (C=N–C) groups is 1. The number of carbonyl (C=O) groups is 1. The molecule has 1 amide bonds. The maximum Gasteiger partial charge on any atom is 0.233 e. The molecule has 0 aromatic heterocycles. The Morgan fingerprint density at radius 1 is 1.13 bits per heavy atom. The second-order valence-corrected chi connectivity index (χ2v) is 6.31. The third-order valence-corrected chi connectivity index (χ3v) is 4.63. The van der Waals surface area contributed by atoms with Crippen LogP contribution in [0.2, 0.25) is 0 Å². The molecule has 1 aliphatic rings. The highest BCUT2D eigenvalue weighted by Gasteiger charge is 2.24. The van der Waals surface area contributed by atoms with Crippen molar-refractivity contribution >= 4 is 28.5 Å². The number of nitrogens with zero attached hydrogens (tertiary/aromatic N) is 2. The van der Waals surface area contributed by atoms with E-state index in [0.717, 1.165) is 17.9 Å². The van der Waals surface area contributed by atoms with Crippen LogP contribution in [0.1, 0.15) is 12.0 Å². The average Bonchev–Trinajstić information content (AvgIpc) is 2.58. The molecule has 0 aliphatic carbocycles. The van der Waals surface area contributed by atoms with E-state index in [-0.39, 0.29) is 18.1 Å². The number of benzene rings is 2. The Bertz CT molecular complexity index is 718. The molecule has 5 heteroatoms. The van der Waals surface area contributed by atoms with Crippen molar-refractivity contribution in [2.75, 3.05) is 12.3 Å². The van der Waals surface area contributed by atoms with E-state index in [1.165, 1.54) is 6.07 Å². The fraction of sp³-hybridized carbons (Fsp3) is 0.222. The van der Waals surface area contributed by atoms with Crippen LogP contribution < -0.4 is 0 Å². The number of amides is 1. The van der Waals surface area contributed by atoms with Crippen molar-refractivity contribution in [1.29, 1.82) is 0 Å². The van der Waals surface area contributed by atoms with Gasteiger partial charge in [0.25, 0.3) is 0 Å². The second kappa shape index (κ2) is 7.42. The second-order valence-electron chi connectivity index (χ2n) is 5.25. The first-order valence-corrected chi connectivity index (χ1v) is 8.53. The SMILES string of the molecule is O=C(Cc1ccccc1F)N1CCCSC1=Nc1ccccc1. The lowest BCUT2D eigenvalue weighted by Crippen LogP contribution is -2.40. The van der Waals surface area contributed by atoms with Crippen LogP contribution in [-0.4, -0.2) is 28.3 Å². The minimum absolute atomic E-state index is 0.0566. The predicted octanol–water partition coefficient (Wildman–Crippen LogP) is 4.02. The van der Waals surface area contributed by atoms with Crippen LogP contribution >= 0.6 is 11.8 Å². The van der Waals surface area contributed by atoms with E-state index in [1.54, 1.807) is 34.9 Å². The van der Waals surface area contributed by atoms with Gasteiger partial charge in [-0.2, -0.15) is 0 Å². The fourth-order valence-electron chi connectivity index (χ4n) is 2.40. The highest BCUT2D eigenvalue weighted by atomic mass is 32.2. The van der Waals surface area contributed by atoms with Gasteiger partial charge in [-0.15, -0.1) is 0 Å². The Balaban J connectivity index is 1.80. The van der Waals surface area contributed by atoms with Gasteiger partial charge in [-0.25, -0.2) is 9.38 Å². The topological polar surface area (TPSA) is 32.7 Å². The number of carbonyl (C=O) groups excluding carboxylic acids is 1. The quantitative estimate of drug-likeness (QED) is 0.852. The van der Waals surface area contributed by atoms with Crippen LogP contribution in [0, 0.1) is 5.82 Å². The molecule has 1 saturated heterocycles. The first-order valence-electron chi connectivity index (χ1n) is 7.54. The first-order chi connectivity index (χ1) is 11.2. The third kappa shape index (κ3) is 3.99. The summed E-state index contributed by atoms with van der Waals surface area (Å²) in [4.78, 5) is 18.8. The number of halogens is 1. The van der Waals surface area contributed by atoms with Crippen molar-refractivity contribution in [2.24, 2.45) is 4.99 Å². The fourth-order valence-corrected chi connectivity index (χ4v) is 3.37. The summed E-state index contributed by atoms with van der Waals surface area (Å²) in [6.45, 7) is 0.631. The molecule has 0 radical (unpaired) electrons. The van der Waals surface area contributed by atoms with Gasteiger partial charge in [0, 0.05) is 12.3 Å². The number of rotatable bonds is 3. The molecule has 23 heavy (non-hydrogen) atoms. The maximum absolute atomic E-state index is 13.8.